The molecular weight excluding hydrogens is 324 g/mol. The van der Waals surface area contributed by atoms with E-state index in [0.717, 1.165) is 5.56 Å². The van der Waals surface area contributed by atoms with Crippen LogP contribution in [-0.4, -0.2) is 38.0 Å². The number of hydrogen-bond acceptors (Lipinski definition) is 5. The molecule has 0 aliphatic rings. The highest BCUT2D eigenvalue weighted by atomic mass is 16.5. The van der Waals surface area contributed by atoms with Crippen molar-refractivity contribution in [3.05, 3.63) is 65.6 Å². The maximum Gasteiger partial charge on any atom is 0.337 e. The Hall–Kier alpha value is -3.35. The first-order valence-corrected chi connectivity index (χ1v) is 7.56. The van der Waals surface area contributed by atoms with E-state index < -0.39 is 5.97 Å². The third kappa shape index (κ3) is 5.65. The zero-order chi connectivity index (χ0) is 18.1. The molecule has 0 spiro atoms. The second-order valence-corrected chi connectivity index (χ2v) is 4.97. The van der Waals surface area contributed by atoms with Gasteiger partial charge in [-0.15, -0.1) is 0 Å². The second-order valence-electron chi connectivity index (χ2n) is 4.97. The first kappa shape index (κ1) is 18.0. The summed E-state index contributed by atoms with van der Waals surface area (Å²) < 4.78 is 9.56. The van der Waals surface area contributed by atoms with Crippen LogP contribution in [-0.2, 0) is 9.53 Å². The highest BCUT2D eigenvalue weighted by Gasteiger charge is 2.07. The van der Waals surface area contributed by atoms with Crippen molar-refractivity contribution in [1.29, 1.82) is 0 Å². The third-order valence-corrected chi connectivity index (χ3v) is 3.21. The van der Waals surface area contributed by atoms with E-state index in [1.807, 2.05) is 0 Å². The number of benzene rings is 1. The molecule has 2 rings (SSSR count). The number of esters is 1. The molecule has 0 aliphatic carbocycles. The maximum atomic E-state index is 11.7. The van der Waals surface area contributed by atoms with Crippen molar-refractivity contribution < 1.29 is 23.5 Å². The summed E-state index contributed by atoms with van der Waals surface area (Å²) in [5, 5.41) is 5.27. The van der Waals surface area contributed by atoms with Crippen LogP contribution in [0.2, 0.25) is 0 Å². The molecule has 1 aromatic heterocycles. The SMILES string of the molecule is COC(=O)c1ccc(/C=C/C(=O)NCCNC(=O)c2ccco2)cc1. The molecule has 25 heavy (non-hydrogen) atoms. The van der Waals surface area contributed by atoms with Crippen LogP contribution >= 0.6 is 0 Å². The average Bonchev–Trinajstić information content (AvgIpc) is 3.18. The molecule has 7 heteroatoms. The Labute approximate surface area is 144 Å². The second kappa shape index (κ2) is 9.07. The van der Waals surface area contributed by atoms with Crippen LogP contribution in [0.3, 0.4) is 0 Å². The predicted octanol–water partition coefficient (Wildman–Crippen LogP) is 1.63. The van der Waals surface area contributed by atoms with E-state index in [9.17, 15) is 14.4 Å². The van der Waals surface area contributed by atoms with E-state index in [0.29, 0.717) is 5.56 Å². The Morgan fingerprint density at radius 2 is 1.80 bits per heavy atom. The van der Waals surface area contributed by atoms with Crippen LogP contribution in [0.1, 0.15) is 26.5 Å². The third-order valence-electron chi connectivity index (χ3n) is 3.21. The number of rotatable bonds is 7. The molecule has 2 aromatic rings. The van der Waals surface area contributed by atoms with E-state index in [-0.39, 0.29) is 30.7 Å². The van der Waals surface area contributed by atoms with Crippen LogP contribution in [0.5, 0.6) is 0 Å². The molecule has 0 unspecified atom stereocenters. The summed E-state index contributed by atoms with van der Waals surface area (Å²) in [4.78, 5) is 34.6. The normalized spacial score (nSPS) is 10.4. The largest absolute Gasteiger partial charge is 0.465 e. The van der Waals surface area contributed by atoms with Gasteiger partial charge in [0.25, 0.3) is 5.91 Å². The first-order chi connectivity index (χ1) is 12.1. The molecule has 0 bridgehead atoms. The number of ether oxygens (including phenoxy) is 1. The van der Waals surface area contributed by atoms with Crippen molar-refractivity contribution in [2.45, 2.75) is 0 Å². The standard InChI is InChI=1S/C18H18N2O5/c1-24-18(23)14-7-4-13(5-8-14)6-9-16(21)19-10-11-20-17(22)15-3-2-12-25-15/h2-9,12H,10-11H2,1H3,(H,19,21)(H,20,22)/b9-6+. The van der Waals surface area contributed by atoms with Gasteiger partial charge in [-0.1, -0.05) is 12.1 Å². The number of hydrogen-bond donors (Lipinski definition) is 2. The van der Waals surface area contributed by atoms with Gasteiger partial charge < -0.3 is 19.8 Å². The van der Waals surface area contributed by atoms with Crippen LogP contribution in [0, 0.1) is 0 Å². The summed E-state index contributed by atoms with van der Waals surface area (Å²) in [5.41, 5.74) is 1.21. The Kier molecular flexibility index (Phi) is 6.53. The molecule has 7 nitrogen and oxygen atoms in total. The van der Waals surface area contributed by atoms with E-state index >= 15 is 0 Å². The van der Waals surface area contributed by atoms with Gasteiger partial charge in [0.1, 0.15) is 0 Å². The van der Waals surface area contributed by atoms with Gasteiger partial charge in [0.2, 0.25) is 5.91 Å². The fraction of sp³-hybridized carbons (Fsp3) is 0.167. The van der Waals surface area contributed by atoms with Gasteiger partial charge in [-0.2, -0.15) is 0 Å². The predicted molar refractivity (Wildman–Crippen MR) is 90.9 cm³/mol. The number of nitrogens with one attached hydrogen (secondary N) is 2. The highest BCUT2D eigenvalue weighted by molar-refractivity contribution is 5.93. The van der Waals surface area contributed by atoms with Gasteiger partial charge in [0, 0.05) is 19.2 Å². The fourth-order valence-corrected chi connectivity index (χ4v) is 1.94. The number of methoxy groups -OCH3 is 1. The molecule has 1 heterocycles. The number of carbonyl (C=O) groups is 3. The van der Waals surface area contributed by atoms with E-state index in [2.05, 4.69) is 15.4 Å². The van der Waals surface area contributed by atoms with Crippen molar-refractivity contribution in [1.82, 2.24) is 10.6 Å². The molecule has 0 fully saturated rings. The Morgan fingerprint density at radius 3 is 2.44 bits per heavy atom. The fourth-order valence-electron chi connectivity index (χ4n) is 1.94. The van der Waals surface area contributed by atoms with Crippen molar-refractivity contribution in [2.24, 2.45) is 0 Å². The molecule has 0 radical (unpaired) electrons. The molecule has 1 aromatic carbocycles. The summed E-state index contributed by atoms with van der Waals surface area (Å²) in [5.74, 6) is -0.809. The number of furan rings is 1. The minimum atomic E-state index is -0.412. The van der Waals surface area contributed by atoms with Crippen molar-refractivity contribution in [2.75, 3.05) is 20.2 Å². The molecule has 2 amide bonds. The molecule has 0 saturated carbocycles. The minimum absolute atomic E-state index is 0.224. The van der Waals surface area contributed by atoms with E-state index in [1.165, 1.54) is 19.4 Å². The summed E-state index contributed by atoms with van der Waals surface area (Å²) in [6, 6.07) is 9.84. The number of amides is 2. The zero-order valence-electron chi connectivity index (χ0n) is 13.7. The van der Waals surface area contributed by atoms with Crippen molar-refractivity contribution in [3.8, 4) is 0 Å². The molecule has 0 aliphatic heterocycles. The van der Waals surface area contributed by atoms with Gasteiger partial charge in [0.15, 0.2) is 5.76 Å². The van der Waals surface area contributed by atoms with Gasteiger partial charge in [-0.05, 0) is 35.9 Å². The molecule has 2 N–H and O–H groups in total. The minimum Gasteiger partial charge on any atom is -0.465 e. The lowest BCUT2D eigenvalue weighted by molar-refractivity contribution is -0.116. The van der Waals surface area contributed by atoms with Crippen LogP contribution in [0.25, 0.3) is 6.08 Å². The smallest absolute Gasteiger partial charge is 0.337 e. The monoisotopic (exact) mass is 342 g/mol. The Balaban J connectivity index is 1.71. The molecule has 130 valence electrons. The summed E-state index contributed by atoms with van der Waals surface area (Å²) >= 11 is 0. The first-order valence-electron chi connectivity index (χ1n) is 7.56. The van der Waals surface area contributed by atoms with Crippen LogP contribution in [0.4, 0.5) is 0 Å². The summed E-state index contributed by atoms with van der Waals surface area (Å²) in [7, 11) is 1.32. The lowest BCUT2D eigenvalue weighted by Crippen LogP contribution is -2.33. The molecule has 0 saturated heterocycles. The number of carbonyl (C=O) groups excluding carboxylic acids is 3. The lowest BCUT2D eigenvalue weighted by atomic mass is 10.1. The zero-order valence-corrected chi connectivity index (χ0v) is 13.7. The summed E-state index contributed by atoms with van der Waals surface area (Å²) in [6.07, 6.45) is 4.42. The van der Waals surface area contributed by atoms with Crippen molar-refractivity contribution in [3.63, 3.8) is 0 Å². The summed E-state index contributed by atoms with van der Waals surface area (Å²) in [6.45, 7) is 0.573. The van der Waals surface area contributed by atoms with E-state index in [1.54, 1.807) is 42.5 Å². The van der Waals surface area contributed by atoms with Crippen LogP contribution in [0.15, 0.2) is 53.2 Å². The Morgan fingerprint density at radius 1 is 1.08 bits per heavy atom. The van der Waals surface area contributed by atoms with Gasteiger partial charge in [-0.25, -0.2) is 4.79 Å². The topological polar surface area (TPSA) is 97.6 Å². The van der Waals surface area contributed by atoms with Gasteiger partial charge >= 0.3 is 5.97 Å². The van der Waals surface area contributed by atoms with Gasteiger partial charge in [0.05, 0.1) is 18.9 Å². The van der Waals surface area contributed by atoms with E-state index in [4.69, 9.17) is 4.42 Å². The lowest BCUT2D eigenvalue weighted by Gasteiger charge is -2.04. The van der Waals surface area contributed by atoms with Crippen molar-refractivity contribution >= 4 is 23.9 Å². The van der Waals surface area contributed by atoms with Crippen LogP contribution < -0.4 is 10.6 Å². The Bertz CT molecular complexity index is 748. The van der Waals surface area contributed by atoms with Gasteiger partial charge in [-0.3, -0.25) is 9.59 Å². The molecule has 0 atom stereocenters. The maximum absolute atomic E-state index is 11.7. The molecular formula is C18H18N2O5. The quantitative estimate of drug-likeness (QED) is 0.453. The highest BCUT2D eigenvalue weighted by Crippen LogP contribution is 2.07. The average molecular weight is 342 g/mol.